The van der Waals surface area contributed by atoms with Crippen LogP contribution in [0.3, 0.4) is 0 Å². The van der Waals surface area contributed by atoms with Crippen LogP contribution in [-0.2, 0) is 4.79 Å². The predicted octanol–water partition coefficient (Wildman–Crippen LogP) is 2.85. The van der Waals surface area contributed by atoms with Crippen molar-refractivity contribution in [1.29, 1.82) is 0 Å². The number of benzene rings is 2. The van der Waals surface area contributed by atoms with Gasteiger partial charge in [-0.3, -0.25) is 9.59 Å². The molecule has 160 valence electrons. The third kappa shape index (κ3) is 5.43. The number of rotatable bonds is 8. The normalized spacial score (nSPS) is 13.7. The number of piperazine rings is 1. The zero-order valence-corrected chi connectivity index (χ0v) is 17.5. The second-order valence-electron chi connectivity index (χ2n) is 6.80. The standard InChI is InChI=1S/C23H28N2O5/c1-3-28-19-11-9-18(10-12-19)23(27)25-15-13-24(14-16-25)22(26)17-30-21-8-6-5-7-20(21)29-4-2/h5-12H,3-4,13-17H2,1-2H3. The van der Waals surface area contributed by atoms with Crippen LogP contribution in [0.5, 0.6) is 17.2 Å². The van der Waals surface area contributed by atoms with E-state index in [0.29, 0.717) is 56.5 Å². The Morgan fingerprint density at radius 3 is 1.93 bits per heavy atom. The SMILES string of the molecule is CCOc1ccc(C(=O)N2CCN(C(=O)COc3ccccc3OCC)CC2)cc1. The minimum absolute atomic E-state index is 0.0351. The number of carbonyl (C=O) groups is 2. The Bertz CT molecular complexity index is 845. The Morgan fingerprint density at radius 1 is 0.767 bits per heavy atom. The third-order valence-electron chi connectivity index (χ3n) is 4.83. The van der Waals surface area contributed by atoms with Crippen molar-refractivity contribution < 1.29 is 23.8 Å². The van der Waals surface area contributed by atoms with Crippen molar-refractivity contribution in [2.75, 3.05) is 46.0 Å². The van der Waals surface area contributed by atoms with E-state index in [-0.39, 0.29) is 18.4 Å². The van der Waals surface area contributed by atoms with Gasteiger partial charge in [0, 0.05) is 31.7 Å². The summed E-state index contributed by atoms with van der Waals surface area (Å²) in [5.41, 5.74) is 0.620. The molecule has 0 atom stereocenters. The molecule has 7 heteroatoms. The largest absolute Gasteiger partial charge is 0.494 e. The monoisotopic (exact) mass is 412 g/mol. The molecule has 0 N–H and O–H groups in total. The van der Waals surface area contributed by atoms with Crippen LogP contribution >= 0.6 is 0 Å². The van der Waals surface area contributed by atoms with Gasteiger partial charge < -0.3 is 24.0 Å². The molecule has 1 aliphatic rings. The van der Waals surface area contributed by atoms with Gasteiger partial charge in [0.25, 0.3) is 11.8 Å². The van der Waals surface area contributed by atoms with Crippen LogP contribution in [0, 0.1) is 0 Å². The first-order chi connectivity index (χ1) is 14.6. The fraction of sp³-hybridized carbons (Fsp3) is 0.391. The van der Waals surface area contributed by atoms with Crippen molar-refractivity contribution in [3.05, 3.63) is 54.1 Å². The third-order valence-corrected chi connectivity index (χ3v) is 4.83. The number of carbonyl (C=O) groups excluding carboxylic acids is 2. The van der Waals surface area contributed by atoms with Crippen LogP contribution in [0.15, 0.2) is 48.5 Å². The molecule has 1 heterocycles. The molecule has 1 saturated heterocycles. The molecule has 1 fully saturated rings. The summed E-state index contributed by atoms with van der Waals surface area (Å²) in [6.07, 6.45) is 0. The topological polar surface area (TPSA) is 68.3 Å². The molecule has 0 aliphatic carbocycles. The molecule has 0 bridgehead atoms. The van der Waals surface area contributed by atoms with Crippen LogP contribution in [0.2, 0.25) is 0 Å². The van der Waals surface area contributed by atoms with Gasteiger partial charge in [-0.1, -0.05) is 12.1 Å². The average Bonchev–Trinajstić information content (AvgIpc) is 2.79. The Morgan fingerprint density at radius 2 is 1.33 bits per heavy atom. The summed E-state index contributed by atoms with van der Waals surface area (Å²) >= 11 is 0. The number of ether oxygens (including phenoxy) is 3. The van der Waals surface area contributed by atoms with Crippen LogP contribution in [0.25, 0.3) is 0 Å². The Kier molecular flexibility index (Phi) is 7.54. The van der Waals surface area contributed by atoms with Crippen LogP contribution < -0.4 is 14.2 Å². The van der Waals surface area contributed by atoms with Crippen molar-refractivity contribution in [1.82, 2.24) is 9.80 Å². The summed E-state index contributed by atoms with van der Waals surface area (Å²) in [5.74, 6) is 1.78. The zero-order chi connectivity index (χ0) is 21.3. The van der Waals surface area contributed by atoms with E-state index in [2.05, 4.69) is 0 Å². The summed E-state index contributed by atoms with van der Waals surface area (Å²) in [7, 11) is 0. The van der Waals surface area contributed by atoms with Gasteiger partial charge in [0.05, 0.1) is 13.2 Å². The average molecular weight is 412 g/mol. The van der Waals surface area contributed by atoms with Gasteiger partial charge in [-0.05, 0) is 50.2 Å². The van der Waals surface area contributed by atoms with Crippen LogP contribution in [-0.4, -0.2) is 67.6 Å². The summed E-state index contributed by atoms with van der Waals surface area (Å²) in [6, 6.07) is 14.4. The van der Waals surface area contributed by atoms with Crippen LogP contribution in [0.1, 0.15) is 24.2 Å². The summed E-state index contributed by atoms with van der Waals surface area (Å²) in [6.45, 7) is 6.83. The maximum absolute atomic E-state index is 12.7. The van der Waals surface area contributed by atoms with Crippen molar-refractivity contribution in [3.8, 4) is 17.2 Å². The summed E-state index contributed by atoms with van der Waals surface area (Å²) in [4.78, 5) is 28.7. The van der Waals surface area contributed by atoms with Crippen molar-refractivity contribution in [2.24, 2.45) is 0 Å². The Balaban J connectivity index is 1.49. The second-order valence-corrected chi connectivity index (χ2v) is 6.80. The number of hydrogen-bond donors (Lipinski definition) is 0. The lowest BCUT2D eigenvalue weighted by Gasteiger charge is -2.34. The van der Waals surface area contributed by atoms with E-state index in [9.17, 15) is 9.59 Å². The van der Waals surface area contributed by atoms with Gasteiger partial charge in [0.1, 0.15) is 5.75 Å². The molecule has 2 aromatic carbocycles. The Hall–Kier alpha value is -3.22. The molecule has 2 amide bonds. The van der Waals surface area contributed by atoms with Gasteiger partial charge in [0.15, 0.2) is 18.1 Å². The first kappa shape index (κ1) is 21.5. The van der Waals surface area contributed by atoms with Crippen molar-refractivity contribution in [2.45, 2.75) is 13.8 Å². The molecule has 0 saturated carbocycles. The van der Waals surface area contributed by atoms with E-state index < -0.39 is 0 Å². The lowest BCUT2D eigenvalue weighted by molar-refractivity contribution is -0.134. The molecular formula is C23H28N2O5. The Labute approximate surface area is 177 Å². The quantitative estimate of drug-likeness (QED) is 0.667. The fourth-order valence-electron chi connectivity index (χ4n) is 3.28. The highest BCUT2D eigenvalue weighted by atomic mass is 16.5. The predicted molar refractivity (Wildman–Crippen MR) is 113 cm³/mol. The van der Waals surface area contributed by atoms with E-state index in [1.54, 1.807) is 40.1 Å². The molecule has 0 aromatic heterocycles. The highest BCUT2D eigenvalue weighted by molar-refractivity contribution is 5.94. The van der Waals surface area contributed by atoms with Crippen molar-refractivity contribution >= 4 is 11.8 Å². The van der Waals surface area contributed by atoms with E-state index in [1.165, 1.54) is 0 Å². The number of nitrogens with zero attached hydrogens (tertiary/aromatic N) is 2. The van der Waals surface area contributed by atoms with Crippen LogP contribution in [0.4, 0.5) is 0 Å². The molecule has 0 radical (unpaired) electrons. The molecule has 2 aromatic rings. The molecule has 30 heavy (non-hydrogen) atoms. The highest BCUT2D eigenvalue weighted by Gasteiger charge is 2.25. The van der Waals surface area contributed by atoms with Crippen molar-refractivity contribution in [3.63, 3.8) is 0 Å². The first-order valence-electron chi connectivity index (χ1n) is 10.3. The lowest BCUT2D eigenvalue weighted by atomic mass is 10.1. The molecule has 0 spiro atoms. The lowest BCUT2D eigenvalue weighted by Crippen LogP contribution is -2.51. The summed E-state index contributed by atoms with van der Waals surface area (Å²) < 4.78 is 16.6. The van der Waals surface area contributed by atoms with Gasteiger partial charge in [0.2, 0.25) is 0 Å². The molecule has 0 unspecified atom stereocenters. The highest BCUT2D eigenvalue weighted by Crippen LogP contribution is 2.26. The molecule has 1 aliphatic heterocycles. The maximum Gasteiger partial charge on any atom is 0.260 e. The number of amides is 2. The fourth-order valence-corrected chi connectivity index (χ4v) is 3.28. The maximum atomic E-state index is 12.7. The minimum Gasteiger partial charge on any atom is -0.494 e. The number of para-hydroxylation sites is 2. The van der Waals surface area contributed by atoms with Gasteiger partial charge in [-0.25, -0.2) is 0 Å². The smallest absolute Gasteiger partial charge is 0.260 e. The molecule has 7 nitrogen and oxygen atoms in total. The van der Waals surface area contributed by atoms with Gasteiger partial charge >= 0.3 is 0 Å². The van der Waals surface area contributed by atoms with E-state index in [1.807, 2.05) is 32.0 Å². The minimum atomic E-state index is -0.102. The van der Waals surface area contributed by atoms with Gasteiger partial charge in [-0.15, -0.1) is 0 Å². The van der Waals surface area contributed by atoms with Gasteiger partial charge in [-0.2, -0.15) is 0 Å². The molecular weight excluding hydrogens is 384 g/mol. The second kappa shape index (κ2) is 10.5. The summed E-state index contributed by atoms with van der Waals surface area (Å²) in [5, 5.41) is 0. The first-order valence-corrected chi connectivity index (χ1v) is 10.3. The zero-order valence-electron chi connectivity index (χ0n) is 17.5. The number of hydrogen-bond acceptors (Lipinski definition) is 5. The van der Waals surface area contributed by atoms with E-state index in [0.717, 1.165) is 5.75 Å². The van der Waals surface area contributed by atoms with E-state index >= 15 is 0 Å². The van der Waals surface area contributed by atoms with E-state index in [4.69, 9.17) is 14.2 Å². The molecule has 3 rings (SSSR count).